The molecule has 21 heavy (non-hydrogen) atoms. The van der Waals surface area contributed by atoms with Gasteiger partial charge in [0, 0.05) is 18.5 Å². The average Bonchev–Trinajstić information content (AvgIpc) is 3.16. The van der Waals surface area contributed by atoms with E-state index in [1.165, 1.54) is 25.7 Å². The highest BCUT2D eigenvalue weighted by Crippen LogP contribution is 2.41. The Morgan fingerprint density at radius 3 is 2.71 bits per heavy atom. The van der Waals surface area contributed by atoms with E-state index in [9.17, 15) is 9.90 Å². The molecule has 0 spiro atoms. The Morgan fingerprint density at radius 2 is 2.00 bits per heavy atom. The second-order valence-electron chi connectivity index (χ2n) is 6.36. The van der Waals surface area contributed by atoms with Gasteiger partial charge in [-0.3, -0.25) is 4.79 Å². The molecule has 0 radical (unpaired) electrons. The van der Waals surface area contributed by atoms with E-state index in [1.807, 2.05) is 0 Å². The van der Waals surface area contributed by atoms with Crippen molar-refractivity contribution in [3.05, 3.63) is 17.8 Å². The molecule has 2 saturated carbocycles. The first-order valence-corrected chi connectivity index (χ1v) is 8.14. The van der Waals surface area contributed by atoms with E-state index in [0.29, 0.717) is 12.5 Å². The van der Waals surface area contributed by atoms with Crippen LogP contribution in [0.1, 0.15) is 68.7 Å². The van der Waals surface area contributed by atoms with Crippen molar-refractivity contribution in [3.8, 4) is 0 Å². The smallest absolute Gasteiger partial charge is 0.308 e. The van der Waals surface area contributed by atoms with E-state index < -0.39 is 5.97 Å². The topological polar surface area (TPSA) is 75.4 Å². The molecule has 1 aromatic rings. The zero-order valence-electron chi connectivity index (χ0n) is 12.4. The molecule has 0 saturated heterocycles. The van der Waals surface area contributed by atoms with Crippen LogP contribution in [0.25, 0.3) is 0 Å². The molecule has 5 heteroatoms. The van der Waals surface area contributed by atoms with Crippen LogP contribution in [0.4, 0.5) is 0 Å². The normalized spacial score (nSPS) is 27.0. The number of hydrogen-bond acceptors (Lipinski definition) is 4. The number of carbonyl (C=O) groups is 1. The number of carboxylic acids is 1. The lowest BCUT2D eigenvalue weighted by Gasteiger charge is -2.27. The van der Waals surface area contributed by atoms with E-state index in [-0.39, 0.29) is 12.0 Å². The standard InChI is InChI=1S/C16H24N2O3/c19-16(20)12-5-3-1-2-4-6-13(12)17-9-14-15(11-7-8-11)21-10-18-14/h10-13,17H,1-9H2,(H,19,20)/t12-,13+/m1/s1. The van der Waals surface area contributed by atoms with Crippen molar-refractivity contribution in [1.29, 1.82) is 0 Å². The second kappa shape index (κ2) is 6.60. The Hall–Kier alpha value is -1.36. The number of carboxylic acid groups (broad SMARTS) is 1. The summed E-state index contributed by atoms with van der Waals surface area (Å²) in [5, 5.41) is 12.9. The van der Waals surface area contributed by atoms with Crippen LogP contribution < -0.4 is 5.32 Å². The molecule has 0 unspecified atom stereocenters. The minimum absolute atomic E-state index is 0.0477. The Bertz CT molecular complexity index is 482. The molecule has 2 atom stereocenters. The lowest BCUT2D eigenvalue weighted by Crippen LogP contribution is -2.40. The lowest BCUT2D eigenvalue weighted by molar-refractivity contribution is -0.143. The van der Waals surface area contributed by atoms with Crippen molar-refractivity contribution >= 4 is 5.97 Å². The molecule has 5 nitrogen and oxygen atoms in total. The summed E-state index contributed by atoms with van der Waals surface area (Å²) in [4.78, 5) is 15.8. The van der Waals surface area contributed by atoms with Crippen LogP contribution in [-0.4, -0.2) is 22.1 Å². The van der Waals surface area contributed by atoms with E-state index in [1.54, 1.807) is 0 Å². The maximum absolute atomic E-state index is 11.5. The summed E-state index contributed by atoms with van der Waals surface area (Å²) in [5.74, 6) is 0.593. The maximum atomic E-state index is 11.5. The van der Waals surface area contributed by atoms with Crippen LogP contribution in [0.15, 0.2) is 10.8 Å². The summed E-state index contributed by atoms with van der Waals surface area (Å²) in [5.41, 5.74) is 0.962. The number of rotatable bonds is 5. The molecule has 0 bridgehead atoms. The monoisotopic (exact) mass is 292 g/mol. The van der Waals surface area contributed by atoms with Gasteiger partial charge in [-0.2, -0.15) is 0 Å². The summed E-state index contributed by atoms with van der Waals surface area (Å²) < 4.78 is 5.48. The first-order valence-electron chi connectivity index (χ1n) is 8.14. The largest absolute Gasteiger partial charge is 0.481 e. The Kier molecular flexibility index (Phi) is 4.58. The summed E-state index contributed by atoms with van der Waals surface area (Å²) in [6.45, 7) is 0.622. The third-order valence-electron chi connectivity index (χ3n) is 4.74. The van der Waals surface area contributed by atoms with Gasteiger partial charge in [-0.25, -0.2) is 4.98 Å². The van der Waals surface area contributed by atoms with Gasteiger partial charge in [-0.05, 0) is 25.7 Å². The highest BCUT2D eigenvalue weighted by molar-refractivity contribution is 5.70. The van der Waals surface area contributed by atoms with Crippen LogP contribution in [0.2, 0.25) is 0 Å². The molecule has 2 N–H and O–H groups in total. The minimum atomic E-state index is -0.669. The van der Waals surface area contributed by atoms with Crippen molar-refractivity contribution in [2.24, 2.45) is 5.92 Å². The van der Waals surface area contributed by atoms with Crippen LogP contribution >= 0.6 is 0 Å². The summed E-state index contributed by atoms with van der Waals surface area (Å²) >= 11 is 0. The molecule has 2 aliphatic rings. The summed E-state index contributed by atoms with van der Waals surface area (Å²) in [6.07, 6.45) is 10.1. The fourth-order valence-corrected chi connectivity index (χ4v) is 3.34. The Labute approximate surface area is 125 Å². The molecule has 2 aliphatic carbocycles. The van der Waals surface area contributed by atoms with Gasteiger partial charge in [0.05, 0.1) is 11.6 Å². The van der Waals surface area contributed by atoms with Gasteiger partial charge in [0.1, 0.15) is 5.76 Å². The van der Waals surface area contributed by atoms with Gasteiger partial charge < -0.3 is 14.8 Å². The number of nitrogens with zero attached hydrogens (tertiary/aromatic N) is 1. The molecule has 116 valence electrons. The van der Waals surface area contributed by atoms with E-state index in [0.717, 1.165) is 43.6 Å². The quantitative estimate of drug-likeness (QED) is 0.872. The highest BCUT2D eigenvalue weighted by Gasteiger charge is 2.32. The predicted molar refractivity (Wildman–Crippen MR) is 77.9 cm³/mol. The van der Waals surface area contributed by atoms with Gasteiger partial charge in [0.2, 0.25) is 0 Å². The molecule has 2 fully saturated rings. The maximum Gasteiger partial charge on any atom is 0.308 e. The number of aromatic nitrogens is 1. The number of nitrogens with one attached hydrogen (secondary N) is 1. The van der Waals surface area contributed by atoms with Crippen LogP contribution in [0.3, 0.4) is 0 Å². The first kappa shape index (κ1) is 14.6. The fourth-order valence-electron chi connectivity index (χ4n) is 3.34. The van der Waals surface area contributed by atoms with E-state index in [2.05, 4.69) is 10.3 Å². The zero-order chi connectivity index (χ0) is 14.7. The van der Waals surface area contributed by atoms with Crippen molar-refractivity contribution in [1.82, 2.24) is 10.3 Å². The molecule has 1 aromatic heterocycles. The van der Waals surface area contributed by atoms with Crippen molar-refractivity contribution in [2.45, 2.75) is 69.9 Å². The van der Waals surface area contributed by atoms with Gasteiger partial charge >= 0.3 is 5.97 Å². The fraction of sp³-hybridized carbons (Fsp3) is 0.750. The van der Waals surface area contributed by atoms with Gasteiger partial charge in [-0.15, -0.1) is 0 Å². The molecule has 1 heterocycles. The van der Waals surface area contributed by atoms with Crippen molar-refractivity contribution in [2.75, 3.05) is 0 Å². The third kappa shape index (κ3) is 3.64. The minimum Gasteiger partial charge on any atom is -0.481 e. The van der Waals surface area contributed by atoms with Crippen molar-refractivity contribution in [3.63, 3.8) is 0 Å². The summed E-state index contributed by atoms with van der Waals surface area (Å²) in [6, 6.07) is 0.0477. The lowest BCUT2D eigenvalue weighted by atomic mass is 9.86. The SMILES string of the molecule is O=C(O)[C@@H]1CCCCCC[C@@H]1NCc1ncoc1C1CC1. The van der Waals surface area contributed by atoms with Crippen LogP contribution in [-0.2, 0) is 11.3 Å². The van der Waals surface area contributed by atoms with Gasteiger partial charge in [0.15, 0.2) is 6.39 Å². The predicted octanol–water partition coefficient (Wildman–Crippen LogP) is 3.07. The second-order valence-corrected chi connectivity index (χ2v) is 6.36. The first-order chi connectivity index (χ1) is 10.3. The molecule has 0 aromatic carbocycles. The molecular weight excluding hydrogens is 268 g/mol. The average molecular weight is 292 g/mol. The van der Waals surface area contributed by atoms with Crippen molar-refractivity contribution < 1.29 is 14.3 Å². The van der Waals surface area contributed by atoms with Crippen LogP contribution in [0, 0.1) is 5.92 Å². The molecule has 0 amide bonds. The third-order valence-corrected chi connectivity index (χ3v) is 4.74. The Balaban J connectivity index is 1.62. The zero-order valence-corrected chi connectivity index (χ0v) is 12.4. The Morgan fingerprint density at radius 1 is 1.24 bits per heavy atom. The molecule has 3 rings (SSSR count). The number of hydrogen-bond donors (Lipinski definition) is 2. The van der Waals surface area contributed by atoms with Gasteiger partial charge in [0.25, 0.3) is 0 Å². The molecule has 0 aliphatic heterocycles. The van der Waals surface area contributed by atoms with Gasteiger partial charge in [-0.1, -0.05) is 25.7 Å². The number of oxazole rings is 1. The highest BCUT2D eigenvalue weighted by atomic mass is 16.4. The van der Waals surface area contributed by atoms with Crippen LogP contribution in [0.5, 0.6) is 0 Å². The van der Waals surface area contributed by atoms with E-state index in [4.69, 9.17) is 4.42 Å². The number of aliphatic carboxylic acids is 1. The summed E-state index contributed by atoms with van der Waals surface area (Å²) in [7, 11) is 0. The molecular formula is C16H24N2O3. The van der Waals surface area contributed by atoms with E-state index >= 15 is 0 Å².